The summed E-state index contributed by atoms with van der Waals surface area (Å²) in [4.78, 5) is 20.2. The Morgan fingerprint density at radius 3 is 3.11 bits per heavy atom. The lowest BCUT2D eigenvalue weighted by molar-refractivity contribution is -0.140. The summed E-state index contributed by atoms with van der Waals surface area (Å²) in [5.74, 6) is -0.414. The number of anilines is 1. The Morgan fingerprint density at radius 1 is 1.44 bits per heavy atom. The second-order valence-corrected chi connectivity index (χ2v) is 5.07. The van der Waals surface area contributed by atoms with E-state index in [1.807, 2.05) is 17.5 Å². The molecule has 2 unspecified atom stereocenters. The smallest absolute Gasteiger partial charge is 0.310 e. The molecular formula is C12H11N3O2S. The van der Waals surface area contributed by atoms with Crippen molar-refractivity contribution in [1.82, 2.24) is 9.97 Å². The number of fused-ring (bicyclic) bond motifs is 1. The Balaban J connectivity index is 1.80. The van der Waals surface area contributed by atoms with E-state index in [1.54, 1.807) is 17.4 Å². The van der Waals surface area contributed by atoms with Crippen LogP contribution in [0.4, 0.5) is 5.82 Å². The summed E-state index contributed by atoms with van der Waals surface area (Å²) >= 11 is 1.56. The van der Waals surface area contributed by atoms with Gasteiger partial charge in [-0.3, -0.25) is 4.79 Å². The van der Waals surface area contributed by atoms with Crippen LogP contribution in [-0.4, -0.2) is 27.1 Å². The first-order chi connectivity index (χ1) is 8.74. The number of carboxylic acids is 1. The Bertz CT molecular complexity index is 623. The maximum Gasteiger partial charge on any atom is 0.310 e. The number of carboxylic acid groups (broad SMARTS) is 1. The number of hydrogen-bond acceptors (Lipinski definition) is 5. The highest BCUT2D eigenvalue weighted by atomic mass is 32.1. The van der Waals surface area contributed by atoms with Gasteiger partial charge < -0.3 is 10.4 Å². The van der Waals surface area contributed by atoms with Gasteiger partial charge in [-0.15, -0.1) is 11.3 Å². The van der Waals surface area contributed by atoms with E-state index in [1.165, 1.54) is 6.33 Å². The first kappa shape index (κ1) is 11.2. The van der Waals surface area contributed by atoms with Gasteiger partial charge in [0, 0.05) is 6.04 Å². The van der Waals surface area contributed by atoms with E-state index in [9.17, 15) is 4.79 Å². The van der Waals surface area contributed by atoms with E-state index < -0.39 is 11.9 Å². The molecule has 3 rings (SSSR count). The van der Waals surface area contributed by atoms with E-state index in [0.29, 0.717) is 6.42 Å². The van der Waals surface area contributed by atoms with E-state index in [-0.39, 0.29) is 6.04 Å². The number of aromatic nitrogens is 2. The summed E-state index contributed by atoms with van der Waals surface area (Å²) in [6.45, 7) is 0. The fourth-order valence-corrected chi connectivity index (χ4v) is 2.80. The van der Waals surface area contributed by atoms with Crippen molar-refractivity contribution in [3.05, 3.63) is 29.9 Å². The topological polar surface area (TPSA) is 75.1 Å². The molecule has 6 heteroatoms. The number of nitrogens with one attached hydrogen (secondary N) is 1. The maximum absolute atomic E-state index is 10.9. The number of carbonyl (C=O) groups is 1. The predicted octanol–water partition coefficient (Wildman–Crippen LogP) is 2.13. The zero-order valence-electron chi connectivity index (χ0n) is 9.41. The average molecular weight is 261 g/mol. The number of nitrogens with zero attached hydrogens (tertiary/aromatic N) is 2. The van der Waals surface area contributed by atoms with Crippen molar-refractivity contribution in [1.29, 1.82) is 0 Å². The van der Waals surface area contributed by atoms with Crippen LogP contribution in [0.15, 0.2) is 29.9 Å². The first-order valence-electron chi connectivity index (χ1n) is 5.60. The summed E-state index contributed by atoms with van der Waals surface area (Å²) in [6, 6.07) is 1.99. The van der Waals surface area contributed by atoms with Crippen molar-refractivity contribution in [2.45, 2.75) is 12.5 Å². The van der Waals surface area contributed by atoms with Crippen molar-refractivity contribution < 1.29 is 9.90 Å². The molecule has 2 heterocycles. The van der Waals surface area contributed by atoms with Gasteiger partial charge in [0.25, 0.3) is 0 Å². The number of rotatable bonds is 3. The molecular weight excluding hydrogens is 250 g/mol. The van der Waals surface area contributed by atoms with Crippen molar-refractivity contribution in [2.24, 2.45) is 5.92 Å². The lowest BCUT2D eigenvalue weighted by atomic mass is 10.1. The minimum atomic E-state index is -0.779. The summed E-state index contributed by atoms with van der Waals surface area (Å²) in [5, 5.41) is 15.1. The minimum Gasteiger partial charge on any atom is -0.481 e. The fraction of sp³-hybridized carbons (Fsp3) is 0.250. The summed E-state index contributed by atoms with van der Waals surface area (Å²) in [7, 11) is 0. The number of thiophene rings is 1. The average Bonchev–Trinajstić information content (AvgIpc) is 2.97. The lowest BCUT2D eigenvalue weighted by Crippen LogP contribution is -2.19. The molecule has 18 heavy (non-hydrogen) atoms. The molecule has 0 saturated carbocycles. The van der Waals surface area contributed by atoms with Gasteiger partial charge in [0.05, 0.1) is 11.3 Å². The van der Waals surface area contributed by atoms with E-state index >= 15 is 0 Å². The fourth-order valence-electron chi connectivity index (χ4n) is 2.07. The monoisotopic (exact) mass is 261 g/mol. The third-order valence-corrected chi connectivity index (χ3v) is 3.81. The van der Waals surface area contributed by atoms with Crippen LogP contribution in [-0.2, 0) is 4.79 Å². The molecule has 0 aliphatic heterocycles. The minimum absolute atomic E-state index is 0.0177. The van der Waals surface area contributed by atoms with Gasteiger partial charge in [0.1, 0.15) is 17.0 Å². The normalized spacial score (nSPS) is 22.4. The highest BCUT2D eigenvalue weighted by Crippen LogP contribution is 2.27. The van der Waals surface area contributed by atoms with Crippen LogP contribution >= 0.6 is 11.3 Å². The molecule has 0 spiro atoms. The standard InChI is InChI=1S/C12H11N3O2S/c16-12(17)7-1-2-8(5-7)15-10-9-3-4-18-11(9)14-6-13-10/h1-4,6-8H,5H2,(H,16,17)(H,13,14,15). The van der Waals surface area contributed by atoms with Gasteiger partial charge in [0.2, 0.25) is 0 Å². The van der Waals surface area contributed by atoms with Gasteiger partial charge in [-0.2, -0.15) is 0 Å². The summed E-state index contributed by atoms with van der Waals surface area (Å²) in [5.41, 5.74) is 0. The third-order valence-electron chi connectivity index (χ3n) is 2.98. The van der Waals surface area contributed by atoms with E-state index in [2.05, 4.69) is 15.3 Å². The van der Waals surface area contributed by atoms with Gasteiger partial charge in [0.15, 0.2) is 0 Å². The molecule has 92 valence electrons. The third kappa shape index (κ3) is 1.95. The molecule has 2 atom stereocenters. The molecule has 1 aliphatic carbocycles. The van der Waals surface area contributed by atoms with Gasteiger partial charge in [-0.1, -0.05) is 12.2 Å². The van der Waals surface area contributed by atoms with Crippen molar-refractivity contribution in [2.75, 3.05) is 5.32 Å². The van der Waals surface area contributed by atoms with Gasteiger partial charge in [-0.25, -0.2) is 9.97 Å². The van der Waals surface area contributed by atoms with Crippen LogP contribution in [0.3, 0.4) is 0 Å². The first-order valence-corrected chi connectivity index (χ1v) is 6.48. The predicted molar refractivity (Wildman–Crippen MR) is 69.7 cm³/mol. The number of aliphatic carboxylic acids is 1. The zero-order valence-corrected chi connectivity index (χ0v) is 10.2. The molecule has 0 aromatic carbocycles. The Hall–Kier alpha value is -1.95. The second-order valence-electron chi connectivity index (χ2n) is 4.18. The van der Waals surface area contributed by atoms with Gasteiger partial charge >= 0.3 is 5.97 Å². The van der Waals surface area contributed by atoms with Crippen LogP contribution in [0, 0.1) is 5.92 Å². The van der Waals surface area contributed by atoms with Gasteiger partial charge in [-0.05, 0) is 17.9 Å². The molecule has 0 saturated heterocycles. The van der Waals surface area contributed by atoms with Crippen LogP contribution in [0.25, 0.3) is 10.2 Å². The molecule has 0 radical (unpaired) electrons. The molecule has 0 fully saturated rings. The molecule has 0 amide bonds. The van der Waals surface area contributed by atoms with E-state index in [4.69, 9.17) is 5.11 Å². The molecule has 2 aromatic heterocycles. The molecule has 2 aromatic rings. The summed E-state index contributed by atoms with van der Waals surface area (Å²) in [6.07, 6.45) is 5.70. The Morgan fingerprint density at radius 2 is 2.33 bits per heavy atom. The quantitative estimate of drug-likeness (QED) is 0.828. The van der Waals surface area contributed by atoms with Crippen molar-refractivity contribution in [3.8, 4) is 0 Å². The van der Waals surface area contributed by atoms with Crippen molar-refractivity contribution in [3.63, 3.8) is 0 Å². The van der Waals surface area contributed by atoms with Crippen LogP contribution in [0.2, 0.25) is 0 Å². The highest BCUT2D eigenvalue weighted by Gasteiger charge is 2.24. The Kier molecular flexibility index (Phi) is 2.71. The molecule has 2 N–H and O–H groups in total. The largest absolute Gasteiger partial charge is 0.481 e. The summed E-state index contributed by atoms with van der Waals surface area (Å²) < 4.78 is 0. The molecule has 0 bridgehead atoms. The molecule has 1 aliphatic rings. The Labute approximate surface area is 107 Å². The lowest BCUT2D eigenvalue weighted by Gasteiger charge is -2.13. The van der Waals surface area contributed by atoms with Crippen LogP contribution < -0.4 is 5.32 Å². The van der Waals surface area contributed by atoms with Crippen molar-refractivity contribution >= 4 is 33.3 Å². The number of hydrogen-bond donors (Lipinski definition) is 2. The van der Waals surface area contributed by atoms with Crippen LogP contribution in [0.5, 0.6) is 0 Å². The highest BCUT2D eigenvalue weighted by molar-refractivity contribution is 7.16. The zero-order chi connectivity index (χ0) is 12.5. The van der Waals surface area contributed by atoms with Crippen LogP contribution in [0.1, 0.15) is 6.42 Å². The second kappa shape index (κ2) is 4.38. The maximum atomic E-state index is 10.9. The SMILES string of the molecule is O=C(O)C1C=CC(Nc2ncnc3sccc23)C1. The van der Waals surface area contributed by atoms with E-state index in [0.717, 1.165) is 16.0 Å². The molecule has 5 nitrogen and oxygen atoms in total.